The highest BCUT2D eigenvalue weighted by molar-refractivity contribution is 9.10. The Morgan fingerprint density at radius 2 is 1.95 bits per heavy atom. The van der Waals surface area contributed by atoms with Gasteiger partial charge in [0.05, 0.1) is 0 Å². The minimum Gasteiger partial charge on any atom is -0.333 e. The van der Waals surface area contributed by atoms with Gasteiger partial charge >= 0.3 is 0 Å². The Balaban J connectivity index is 1.88. The molecule has 0 spiro atoms. The molecule has 2 aliphatic rings. The van der Waals surface area contributed by atoms with Crippen LogP contribution in [-0.4, -0.2) is 28.9 Å². The van der Waals surface area contributed by atoms with Crippen molar-refractivity contribution in [2.24, 2.45) is 5.73 Å². The van der Waals surface area contributed by atoms with Crippen LogP contribution in [0.3, 0.4) is 0 Å². The van der Waals surface area contributed by atoms with E-state index in [2.05, 4.69) is 20.8 Å². The van der Waals surface area contributed by atoms with Crippen molar-refractivity contribution in [3.63, 3.8) is 0 Å². The lowest BCUT2D eigenvalue weighted by Crippen LogP contribution is -2.50. The van der Waals surface area contributed by atoms with Crippen LogP contribution in [0.5, 0.6) is 0 Å². The van der Waals surface area contributed by atoms with E-state index < -0.39 is 0 Å². The van der Waals surface area contributed by atoms with Gasteiger partial charge in [-0.25, -0.2) is 0 Å². The molecule has 2 fully saturated rings. The van der Waals surface area contributed by atoms with Crippen LogP contribution in [0.4, 0.5) is 0 Å². The largest absolute Gasteiger partial charge is 0.333 e. The lowest BCUT2D eigenvalue weighted by atomic mass is 9.96. The zero-order valence-corrected chi connectivity index (χ0v) is 12.7. The summed E-state index contributed by atoms with van der Waals surface area (Å²) in [5.41, 5.74) is 7.93. The van der Waals surface area contributed by atoms with Gasteiger partial charge in [0, 0.05) is 28.2 Å². The highest BCUT2D eigenvalue weighted by atomic mass is 79.9. The van der Waals surface area contributed by atoms with Crippen LogP contribution < -0.4 is 5.73 Å². The quantitative estimate of drug-likeness (QED) is 0.864. The molecule has 3 nitrogen and oxygen atoms in total. The van der Waals surface area contributed by atoms with Crippen molar-refractivity contribution in [3.8, 4) is 0 Å². The molecule has 102 valence electrons. The molecule has 2 bridgehead atoms. The van der Waals surface area contributed by atoms with E-state index in [1.54, 1.807) is 0 Å². The summed E-state index contributed by atoms with van der Waals surface area (Å²) in [5, 5.41) is 0. The Kier molecular flexibility index (Phi) is 3.39. The molecular weight excluding hydrogens is 304 g/mol. The number of piperidine rings is 1. The smallest absolute Gasteiger partial charge is 0.254 e. The predicted octanol–water partition coefficient (Wildman–Crippen LogP) is 2.85. The van der Waals surface area contributed by atoms with E-state index in [0.717, 1.165) is 41.3 Å². The van der Waals surface area contributed by atoms with Gasteiger partial charge in [-0.3, -0.25) is 4.79 Å². The second-order valence-corrected chi connectivity index (χ2v) is 6.70. The van der Waals surface area contributed by atoms with Gasteiger partial charge in [0.1, 0.15) is 0 Å². The van der Waals surface area contributed by atoms with E-state index in [9.17, 15) is 4.79 Å². The number of carbonyl (C=O) groups is 1. The molecule has 2 unspecified atom stereocenters. The first kappa shape index (κ1) is 13.1. The molecule has 2 atom stereocenters. The van der Waals surface area contributed by atoms with Gasteiger partial charge in [0.15, 0.2) is 0 Å². The molecule has 1 amide bonds. The Morgan fingerprint density at radius 1 is 1.32 bits per heavy atom. The second-order valence-electron chi connectivity index (χ2n) is 5.79. The lowest BCUT2D eigenvalue weighted by molar-refractivity contribution is 0.0574. The summed E-state index contributed by atoms with van der Waals surface area (Å²) < 4.78 is 1.02. The van der Waals surface area contributed by atoms with E-state index >= 15 is 0 Å². The molecule has 2 aliphatic heterocycles. The van der Waals surface area contributed by atoms with Crippen LogP contribution in [0.1, 0.15) is 41.6 Å². The molecule has 2 heterocycles. The van der Waals surface area contributed by atoms with E-state index in [1.165, 1.54) is 0 Å². The number of aryl methyl sites for hydroxylation is 1. The molecule has 0 aliphatic carbocycles. The van der Waals surface area contributed by atoms with Gasteiger partial charge in [-0.1, -0.05) is 15.9 Å². The lowest BCUT2D eigenvalue weighted by Gasteiger charge is -2.38. The number of nitrogens with zero attached hydrogens (tertiary/aromatic N) is 1. The third kappa shape index (κ3) is 2.32. The average Bonchev–Trinajstić information content (AvgIpc) is 2.61. The third-order valence-corrected chi connectivity index (χ3v) is 4.92. The highest BCUT2D eigenvalue weighted by Gasteiger charge is 2.42. The number of rotatable bonds is 1. The van der Waals surface area contributed by atoms with Gasteiger partial charge in [-0.2, -0.15) is 0 Å². The van der Waals surface area contributed by atoms with E-state index in [0.29, 0.717) is 12.1 Å². The van der Waals surface area contributed by atoms with E-state index in [-0.39, 0.29) is 11.9 Å². The normalized spacial score (nSPS) is 29.6. The summed E-state index contributed by atoms with van der Waals surface area (Å²) in [4.78, 5) is 14.9. The summed E-state index contributed by atoms with van der Waals surface area (Å²) in [7, 11) is 0. The van der Waals surface area contributed by atoms with E-state index in [4.69, 9.17) is 5.73 Å². The standard InChI is InChI=1S/C15H19BrN2O/c1-9-6-10(16)2-5-14(9)15(19)18-12-3-4-13(18)8-11(17)7-12/h2,5-6,11-13H,3-4,7-8,17H2,1H3. The summed E-state index contributed by atoms with van der Waals surface area (Å²) in [6.45, 7) is 2.00. The molecule has 0 radical (unpaired) electrons. The molecule has 19 heavy (non-hydrogen) atoms. The number of hydrogen-bond donors (Lipinski definition) is 1. The van der Waals surface area contributed by atoms with Gasteiger partial charge in [0.2, 0.25) is 0 Å². The summed E-state index contributed by atoms with van der Waals surface area (Å²) in [5.74, 6) is 0.185. The maximum absolute atomic E-state index is 12.8. The van der Waals surface area contributed by atoms with Crippen molar-refractivity contribution in [1.29, 1.82) is 0 Å². The summed E-state index contributed by atoms with van der Waals surface area (Å²) >= 11 is 3.44. The second kappa shape index (κ2) is 4.91. The highest BCUT2D eigenvalue weighted by Crippen LogP contribution is 2.36. The SMILES string of the molecule is Cc1cc(Br)ccc1C(=O)N1C2CCC1CC(N)C2. The summed E-state index contributed by atoms with van der Waals surface area (Å²) in [6, 6.07) is 6.85. The number of hydrogen-bond acceptors (Lipinski definition) is 2. The Hall–Kier alpha value is -0.870. The molecule has 0 aromatic heterocycles. The molecular formula is C15H19BrN2O. The van der Waals surface area contributed by atoms with Crippen LogP contribution in [0.15, 0.2) is 22.7 Å². The number of amides is 1. The summed E-state index contributed by atoms with van der Waals surface area (Å²) in [6.07, 6.45) is 4.13. The maximum Gasteiger partial charge on any atom is 0.254 e. The van der Waals surface area contributed by atoms with Crippen LogP contribution in [0.25, 0.3) is 0 Å². The van der Waals surface area contributed by atoms with Gasteiger partial charge < -0.3 is 10.6 Å². The van der Waals surface area contributed by atoms with Crippen molar-refractivity contribution >= 4 is 21.8 Å². The first-order valence-corrected chi connectivity index (χ1v) is 7.70. The number of benzene rings is 1. The van der Waals surface area contributed by atoms with Crippen molar-refractivity contribution in [1.82, 2.24) is 4.90 Å². The molecule has 4 heteroatoms. The van der Waals surface area contributed by atoms with Crippen LogP contribution >= 0.6 is 15.9 Å². The molecule has 1 aromatic carbocycles. The maximum atomic E-state index is 12.8. The zero-order chi connectivity index (χ0) is 13.6. The molecule has 0 saturated carbocycles. The number of carbonyl (C=O) groups excluding carboxylic acids is 1. The van der Waals surface area contributed by atoms with Gasteiger partial charge in [0.25, 0.3) is 5.91 Å². The van der Waals surface area contributed by atoms with Gasteiger partial charge in [-0.05, 0) is 56.4 Å². The fourth-order valence-corrected chi connectivity index (χ4v) is 4.03. The Labute approximate surface area is 122 Å². The molecule has 2 N–H and O–H groups in total. The van der Waals surface area contributed by atoms with Crippen LogP contribution in [0, 0.1) is 6.92 Å². The molecule has 2 saturated heterocycles. The molecule has 3 rings (SSSR count). The average molecular weight is 323 g/mol. The minimum atomic E-state index is 0.185. The Morgan fingerprint density at radius 3 is 2.53 bits per heavy atom. The fourth-order valence-electron chi connectivity index (χ4n) is 3.56. The monoisotopic (exact) mass is 322 g/mol. The topological polar surface area (TPSA) is 46.3 Å². The predicted molar refractivity (Wildman–Crippen MR) is 79.1 cm³/mol. The fraction of sp³-hybridized carbons (Fsp3) is 0.533. The minimum absolute atomic E-state index is 0.185. The van der Waals surface area contributed by atoms with Crippen molar-refractivity contribution in [2.75, 3.05) is 0 Å². The van der Waals surface area contributed by atoms with Crippen molar-refractivity contribution in [2.45, 2.75) is 50.7 Å². The first-order chi connectivity index (χ1) is 9.06. The van der Waals surface area contributed by atoms with Gasteiger partial charge in [-0.15, -0.1) is 0 Å². The van der Waals surface area contributed by atoms with Crippen LogP contribution in [0.2, 0.25) is 0 Å². The number of halogens is 1. The molecule has 1 aromatic rings. The van der Waals surface area contributed by atoms with Crippen molar-refractivity contribution in [3.05, 3.63) is 33.8 Å². The third-order valence-electron chi connectivity index (χ3n) is 4.42. The Bertz CT molecular complexity index is 503. The first-order valence-electron chi connectivity index (χ1n) is 6.90. The van der Waals surface area contributed by atoms with Crippen molar-refractivity contribution < 1.29 is 4.79 Å². The van der Waals surface area contributed by atoms with Crippen LogP contribution in [-0.2, 0) is 0 Å². The zero-order valence-electron chi connectivity index (χ0n) is 11.1. The van der Waals surface area contributed by atoms with E-state index in [1.807, 2.05) is 25.1 Å². The number of nitrogens with two attached hydrogens (primary N) is 1. The number of fused-ring (bicyclic) bond motifs is 2.